The van der Waals surface area contributed by atoms with Crippen molar-refractivity contribution in [2.75, 3.05) is 13.7 Å². The third-order valence-electron chi connectivity index (χ3n) is 4.02. The summed E-state index contributed by atoms with van der Waals surface area (Å²) in [7, 11) is 1.65. The number of pyridine rings is 1. The zero-order valence-electron chi connectivity index (χ0n) is 14.9. The molecular weight excluding hydrogens is 346 g/mol. The zero-order valence-corrected chi connectivity index (χ0v) is 15.7. The summed E-state index contributed by atoms with van der Waals surface area (Å²) < 4.78 is 5.14. The molecule has 0 spiro atoms. The second-order valence-corrected chi connectivity index (χ2v) is 6.98. The normalized spacial score (nSPS) is 10.5. The van der Waals surface area contributed by atoms with Crippen molar-refractivity contribution in [2.45, 2.75) is 19.8 Å². The molecule has 0 radical (unpaired) electrons. The van der Waals surface area contributed by atoms with Crippen LogP contribution in [0.15, 0.2) is 48.8 Å². The van der Waals surface area contributed by atoms with Gasteiger partial charge in [0.05, 0.1) is 19.2 Å². The third-order valence-corrected chi connectivity index (χ3v) is 5.22. The van der Waals surface area contributed by atoms with Crippen LogP contribution in [-0.2, 0) is 17.6 Å². The lowest BCUT2D eigenvalue weighted by Gasteiger charge is -2.06. The minimum absolute atomic E-state index is 0.0167. The second-order valence-electron chi connectivity index (χ2n) is 5.89. The fraction of sp³-hybridized carbons (Fsp3) is 0.250. The van der Waals surface area contributed by atoms with Crippen LogP contribution in [0.5, 0.6) is 5.75 Å². The number of benzene rings is 1. The molecule has 0 atom stereocenters. The van der Waals surface area contributed by atoms with Crippen LogP contribution in [-0.4, -0.2) is 29.5 Å². The van der Waals surface area contributed by atoms with E-state index in [1.807, 2.05) is 43.3 Å². The highest BCUT2D eigenvalue weighted by atomic mass is 32.1. The molecule has 3 rings (SSSR count). The largest absolute Gasteiger partial charge is 0.497 e. The van der Waals surface area contributed by atoms with E-state index in [1.165, 1.54) is 5.56 Å². The molecule has 0 fully saturated rings. The van der Waals surface area contributed by atoms with Crippen molar-refractivity contribution in [2.24, 2.45) is 0 Å². The number of thiazole rings is 1. The Morgan fingerprint density at radius 3 is 2.73 bits per heavy atom. The number of carbonyl (C=O) groups is 1. The van der Waals surface area contributed by atoms with Gasteiger partial charge in [-0.3, -0.25) is 9.78 Å². The fourth-order valence-corrected chi connectivity index (χ4v) is 3.60. The molecule has 0 aliphatic heterocycles. The number of ether oxygens (including phenoxy) is 1. The minimum Gasteiger partial charge on any atom is -0.497 e. The maximum atomic E-state index is 12.2. The standard InChI is InChI=1S/C20H21N3O2S/c1-14-18(26-20(23-14)16-4-3-10-21-13-16)12-19(24)22-11-9-15-5-7-17(25-2)8-6-15/h3-8,10,13H,9,11-12H2,1-2H3,(H,22,24). The van der Waals surface area contributed by atoms with Gasteiger partial charge in [-0.15, -0.1) is 11.3 Å². The molecule has 0 unspecified atom stereocenters. The number of hydrogen-bond acceptors (Lipinski definition) is 5. The van der Waals surface area contributed by atoms with E-state index in [1.54, 1.807) is 30.8 Å². The van der Waals surface area contributed by atoms with Crippen LogP contribution in [0.2, 0.25) is 0 Å². The molecule has 0 saturated heterocycles. The number of nitrogens with one attached hydrogen (secondary N) is 1. The maximum absolute atomic E-state index is 12.2. The molecule has 2 heterocycles. The molecule has 1 aromatic carbocycles. The third kappa shape index (κ3) is 4.67. The van der Waals surface area contributed by atoms with Crippen LogP contribution in [0.1, 0.15) is 16.1 Å². The number of aromatic nitrogens is 2. The van der Waals surface area contributed by atoms with Gasteiger partial charge in [-0.1, -0.05) is 12.1 Å². The Balaban J connectivity index is 1.52. The van der Waals surface area contributed by atoms with Crippen LogP contribution >= 0.6 is 11.3 Å². The molecule has 0 aliphatic rings. The highest BCUT2D eigenvalue weighted by Crippen LogP contribution is 2.27. The maximum Gasteiger partial charge on any atom is 0.225 e. The van der Waals surface area contributed by atoms with Crippen molar-refractivity contribution in [3.63, 3.8) is 0 Å². The van der Waals surface area contributed by atoms with Crippen LogP contribution in [0, 0.1) is 6.92 Å². The van der Waals surface area contributed by atoms with Crippen molar-refractivity contribution in [1.29, 1.82) is 0 Å². The predicted octanol–water partition coefficient (Wildman–Crippen LogP) is 3.42. The molecule has 6 heteroatoms. The number of nitrogens with zero attached hydrogens (tertiary/aromatic N) is 2. The van der Waals surface area contributed by atoms with E-state index < -0.39 is 0 Å². The Hall–Kier alpha value is -2.73. The Morgan fingerprint density at radius 1 is 1.23 bits per heavy atom. The molecule has 3 aromatic rings. The molecule has 26 heavy (non-hydrogen) atoms. The van der Waals surface area contributed by atoms with Gasteiger partial charge >= 0.3 is 0 Å². The SMILES string of the molecule is COc1ccc(CCNC(=O)Cc2sc(-c3cccnc3)nc2C)cc1. The Morgan fingerprint density at radius 2 is 2.04 bits per heavy atom. The van der Waals surface area contributed by atoms with Crippen molar-refractivity contribution in [1.82, 2.24) is 15.3 Å². The van der Waals surface area contributed by atoms with E-state index in [2.05, 4.69) is 15.3 Å². The molecule has 0 aliphatic carbocycles. The van der Waals surface area contributed by atoms with Gasteiger partial charge in [-0.25, -0.2) is 4.98 Å². The van der Waals surface area contributed by atoms with Crippen LogP contribution < -0.4 is 10.1 Å². The van der Waals surface area contributed by atoms with Crippen LogP contribution in [0.25, 0.3) is 10.6 Å². The summed E-state index contributed by atoms with van der Waals surface area (Å²) in [6.45, 7) is 2.55. The number of hydrogen-bond donors (Lipinski definition) is 1. The van der Waals surface area contributed by atoms with Crippen molar-refractivity contribution in [3.05, 3.63) is 64.9 Å². The van der Waals surface area contributed by atoms with Gasteiger partial charge in [0.25, 0.3) is 0 Å². The predicted molar refractivity (Wildman–Crippen MR) is 103 cm³/mol. The topological polar surface area (TPSA) is 64.1 Å². The molecule has 2 aromatic heterocycles. The first-order chi connectivity index (χ1) is 12.7. The lowest BCUT2D eigenvalue weighted by Crippen LogP contribution is -2.27. The first-order valence-corrected chi connectivity index (χ1v) is 9.23. The van der Waals surface area contributed by atoms with Crippen LogP contribution in [0.4, 0.5) is 0 Å². The average Bonchev–Trinajstić information content (AvgIpc) is 3.03. The summed E-state index contributed by atoms with van der Waals surface area (Å²) in [5.74, 6) is 0.853. The van der Waals surface area contributed by atoms with E-state index in [-0.39, 0.29) is 5.91 Å². The zero-order chi connectivity index (χ0) is 18.4. The van der Waals surface area contributed by atoms with Gasteiger partial charge < -0.3 is 10.1 Å². The Kier molecular flexibility index (Phi) is 5.96. The van der Waals surface area contributed by atoms with E-state index >= 15 is 0 Å². The summed E-state index contributed by atoms with van der Waals surface area (Å²) in [4.78, 5) is 21.9. The lowest BCUT2D eigenvalue weighted by molar-refractivity contribution is -0.120. The number of rotatable bonds is 7. The van der Waals surface area contributed by atoms with E-state index in [4.69, 9.17) is 4.74 Å². The van der Waals surface area contributed by atoms with Gasteiger partial charge in [0, 0.05) is 29.4 Å². The smallest absolute Gasteiger partial charge is 0.225 e. The average molecular weight is 367 g/mol. The van der Waals surface area contributed by atoms with Crippen molar-refractivity contribution < 1.29 is 9.53 Å². The molecule has 0 bridgehead atoms. The molecule has 5 nitrogen and oxygen atoms in total. The van der Waals surface area contributed by atoms with Gasteiger partial charge in [0.1, 0.15) is 10.8 Å². The minimum atomic E-state index is 0.0167. The number of amides is 1. The van der Waals surface area contributed by atoms with Gasteiger partial charge in [-0.05, 0) is 43.2 Å². The van der Waals surface area contributed by atoms with Gasteiger partial charge in [0.2, 0.25) is 5.91 Å². The second kappa shape index (κ2) is 8.58. The number of methoxy groups -OCH3 is 1. The highest BCUT2D eigenvalue weighted by Gasteiger charge is 2.13. The van der Waals surface area contributed by atoms with E-state index in [0.717, 1.165) is 33.3 Å². The first kappa shape index (κ1) is 18.1. The van der Waals surface area contributed by atoms with E-state index in [9.17, 15) is 4.79 Å². The molecular formula is C20H21N3O2S. The molecule has 134 valence electrons. The summed E-state index contributed by atoms with van der Waals surface area (Å²) in [5.41, 5.74) is 3.05. The fourth-order valence-electron chi connectivity index (χ4n) is 2.55. The van der Waals surface area contributed by atoms with Gasteiger partial charge in [0.15, 0.2) is 0 Å². The number of carbonyl (C=O) groups excluding carboxylic acids is 1. The summed E-state index contributed by atoms with van der Waals surface area (Å²) in [6, 6.07) is 11.7. The Labute approximate surface area is 157 Å². The number of aryl methyl sites for hydroxylation is 1. The van der Waals surface area contributed by atoms with E-state index in [0.29, 0.717) is 13.0 Å². The van der Waals surface area contributed by atoms with Crippen molar-refractivity contribution in [3.8, 4) is 16.3 Å². The quantitative estimate of drug-likeness (QED) is 0.695. The summed E-state index contributed by atoms with van der Waals surface area (Å²) in [5, 5.41) is 3.88. The molecule has 1 amide bonds. The molecule has 1 N–H and O–H groups in total. The van der Waals surface area contributed by atoms with Gasteiger partial charge in [-0.2, -0.15) is 0 Å². The Bertz CT molecular complexity index is 861. The lowest BCUT2D eigenvalue weighted by atomic mass is 10.1. The van der Waals surface area contributed by atoms with Crippen LogP contribution in [0.3, 0.4) is 0 Å². The van der Waals surface area contributed by atoms with Crippen molar-refractivity contribution >= 4 is 17.2 Å². The first-order valence-electron chi connectivity index (χ1n) is 8.42. The molecule has 0 saturated carbocycles. The summed E-state index contributed by atoms with van der Waals surface area (Å²) in [6.07, 6.45) is 4.67. The summed E-state index contributed by atoms with van der Waals surface area (Å²) >= 11 is 1.55. The highest BCUT2D eigenvalue weighted by molar-refractivity contribution is 7.15. The monoisotopic (exact) mass is 367 g/mol.